The minimum absolute atomic E-state index is 0.318. The minimum atomic E-state index is -0.318. The maximum atomic E-state index is 10.0. The fourth-order valence-corrected chi connectivity index (χ4v) is 2.49. The molecule has 1 aliphatic carbocycles. The monoisotopic (exact) mass is 208 g/mol. The smallest absolute Gasteiger partial charge is 0.0823 e. The average molecular weight is 208 g/mol. The van der Waals surface area contributed by atoms with Crippen LogP contribution in [-0.4, -0.2) is 14.9 Å². The van der Waals surface area contributed by atoms with Crippen LogP contribution in [0.5, 0.6) is 0 Å². The second-order valence-electron chi connectivity index (χ2n) is 4.70. The van der Waals surface area contributed by atoms with Crippen molar-refractivity contribution in [2.45, 2.75) is 44.6 Å². The van der Waals surface area contributed by atoms with Gasteiger partial charge >= 0.3 is 0 Å². The molecular formula is C12H20N2O. The molecule has 1 aromatic heterocycles. The van der Waals surface area contributed by atoms with Gasteiger partial charge in [0.05, 0.1) is 12.3 Å². The Hall–Kier alpha value is -0.830. The lowest BCUT2D eigenvalue weighted by Gasteiger charge is -2.23. The Morgan fingerprint density at radius 3 is 2.80 bits per heavy atom. The number of aryl methyl sites for hydroxylation is 1. The molecule has 1 N–H and O–H groups in total. The maximum absolute atomic E-state index is 10.0. The topological polar surface area (TPSA) is 38.0 Å². The van der Waals surface area contributed by atoms with Crippen molar-refractivity contribution in [3.8, 4) is 0 Å². The molecule has 0 bridgehead atoms. The first-order chi connectivity index (χ1) is 7.25. The maximum Gasteiger partial charge on any atom is 0.0823 e. The first kappa shape index (κ1) is 10.7. The summed E-state index contributed by atoms with van der Waals surface area (Å²) in [6, 6.07) is 0. The van der Waals surface area contributed by atoms with Gasteiger partial charge in [-0.05, 0) is 12.3 Å². The van der Waals surface area contributed by atoms with Gasteiger partial charge in [0.1, 0.15) is 0 Å². The van der Waals surface area contributed by atoms with Crippen LogP contribution in [0.15, 0.2) is 12.4 Å². The number of nitrogens with zero attached hydrogens (tertiary/aromatic N) is 2. The van der Waals surface area contributed by atoms with Gasteiger partial charge in [0, 0.05) is 18.8 Å². The average Bonchev–Trinajstić information content (AvgIpc) is 2.66. The Kier molecular flexibility index (Phi) is 3.41. The summed E-state index contributed by atoms with van der Waals surface area (Å²) in [5.41, 5.74) is 0.961. The molecule has 0 amide bonds. The second kappa shape index (κ2) is 4.79. The Labute approximate surface area is 91.1 Å². The molecule has 0 aliphatic heterocycles. The summed E-state index contributed by atoms with van der Waals surface area (Å²) in [6.45, 7) is 0. The number of rotatable bonds is 3. The Balaban J connectivity index is 1.88. The highest BCUT2D eigenvalue weighted by molar-refractivity contribution is 5.07. The summed E-state index contributed by atoms with van der Waals surface area (Å²) in [5.74, 6) is 0.717. The van der Waals surface area contributed by atoms with Crippen molar-refractivity contribution in [3.05, 3.63) is 18.0 Å². The molecule has 1 atom stereocenters. The minimum Gasteiger partial charge on any atom is -0.388 e. The summed E-state index contributed by atoms with van der Waals surface area (Å²) in [5, 5.41) is 14.1. The fraction of sp³-hybridized carbons (Fsp3) is 0.750. The van der Waals surface area contributed by atoms with Crippen molar-refractivity contribution in [1.82, 2.24) is 9.78 Å². The van der Waals surface area contributed by atoms with E-state index in [4.69, 9.17) is 0 Å². The lowest BCUT2D eigenvalue weighted by Crippen LogP contribution is -2.10. The van der Waals surface area contributed by atoms with Crippen LogP contribution in [-0.2, 0) is 7.05 Å². The lowest BCUT2D eigenvalue weighted by atomic mass is 9.84. The molecule has 15 heavy (non-hydrogen) atoms. The second-order valence-corrected chi connectivity index (χ2v) is 4.70. The highest BCUT2D eigenvalue weighted by Gasteiger charge is 2.19. The first-order valence-corrected chi connectivity index (χ1v) is 5.92. The van der Waals surface area contributed by atoms with Gasteiger partial charge in [-0.2, -0.15) is 5.10 Å². The van der Waals surface area contributed by atoms with Crippen LogP contribution in [0, 0.1) is 5.92 Å². The molecule has 2 rings (SSSR count). The standard InChI is InChI=1S/C12H20N2O/c1-14-9-11(8-13-14)12(15)7-10-5-3-2-4-6-10/h8-10,12,15H,2-7H2,1H3. The van der Waals surface area contributed by atoms with Crippen LogP contribution < -0.4 is 0 Å². The van der Waals surface area contributed by atoms with Gasteiger partial charge in [-0.25, -0.2) is 0 Å². The summed E-state index contributed by atoms with van der Waals surface area (Å²) in [6.07, 6.45) is 10.9. The normalized spacial score (nSPS) is 20.4. The lowest BCUT2D eigenvalue weighted by molar-refractivity contribution is 0.131. The summed E-state index contributed by atoms with van der Waals surface area (Å²) < 4.78 is 1.75. The van der Waals surface area contributed by atoms with Crippen LogP contribution >= 0.6 is 0 Å². The molecule has 0 radical (unpaired) electrons. The molecule has 1 fully saturated rings. The predicted octanol–water partition coefficient (Wildman–Crippen LogP) is 2.42. The molecule has 0 saturated heterocycles. The zero-order chi connectivity index (χ0) is 10.7. The van der Waals surface area contributed by atoms with Gasteiger partial charge in [-0.3, -0.25) is 4.68 Å². The van der Waals surface area contributed by atoms with E-state index in [1.165, 1.54) is 32.1 Å². The molecule has 1 heterocycles. The largest absolute Gasteiger partial charge is 0.388 e. The van der Waals surface area contributed by atoms with E-state index in [1.54, 1.807) is 10.9 Å². The number of aliphatic hydroxyl groups is 1. The number of hydrogen-bond acceptors (Lipinski definition) is 2. The molecule has 3 heteroatoms. The molecule has 1 saturated carbocycles. The quantitative estimate of drug-likeness (QED) is 0.828. The molecule has 1 aliphatic rings. The van der Waals surface area contributed by atoms with Crippen LogP contribution in [0.2, 0.25) is 0 Å². The Bertz CT molecular complexity index is 302. The van der Waals surface area contributed by atoms with Crippen molar-refractivity contribution in [2.24, 2.45) is 13.0 Å². The van der Waals surface area contributed by atoms with E-state index in [1.807, 2.05) is 13.2 Å². The third kappa shape index (κ3) is 2.81. The van der Waals surface area contributed by atoms with Crippen LogP contribution in [0.3, 0.4) is 0 Å². The van der Waals surface area contributed by atoms with E-state index in [-0.39, 0.29) is 6.10 Å². The number of aliphatic hydroxyl groups excluding tert-OH is 1. The molecular weight excluding hydrogens is 188 g/mol. The Morgan fingerprint density at radius 2 is 2.20 bits per heavy atom. The highest BCUT2D eigenvalue weighted by atomic mass is 16.3. The third-order valence-corrected chi connectivity index (χ3v) is 3.39. The molecule has 0 spiro atoms. The zero-order valence-corrected chi connectivity index (χ0v) is 9.39. The summed E-state index contributed by atoms with van der Waals surface area (Å²) in [4.78, 5) is 0. The molecule has 3 nitrogen and oxygen atoms in total. The van der Waals surface area contributed by atoms with E-state index in [2.05, 4.69) is 5.10 Å². The van der Waals surface area contributed by atoms with Crippen molar-refractivity contribution in [1.29, 1.82) is 0 Å². The van der Waals surface area contributed by atoms with Crippen LogP contribution in [0.4, 0.5) is 0 Å². The summed E-state index contributed by atoms with van der Waals surface area (Å²) in [7, 11) is 1.89. The van der Waals surface area contributed by atoms with Crippen molar-refractivity contribution >= 4 is 0 Å². The van der Waals surface area contributed by atoms with Gasteiger partial charge in [0.15, 0.2) is 0 Å². The molecule has 1 unspecified atom stereocenters. The third-order valence-electron chi connectivity index (χ3n) is 3.39. The molecule has 1 aromatic rings. The van der Waals surface area contributed by atoms with E-state index in [0.717, 1.165) is 12.0 Å². The Morgan fingerprint density at radius 1 is 1.47 bits per heavy atom. The van der Waals surface area contributed by atoms with Gasteiger partial charge in [0.25, 0.3) is 0 Å². The van der Waals surface area contributed by atoms with Crippen molar-refractivity contribution in [2.75, 3.05) is 0 Å². The van der Waals surface area contributed by atoms with Gasteiger partial charge in [-0.15, -0.1) is 0 Å². The van der Waals surface area contributed by atoms with Crippen molar-refractivity contribution in [3.63, 3.8) is 0 Å². The fourth-order valence-electron chi connectivity index (χ4n) is 2.49. The van der Waals surface area contributed by atoms with Crippen LogP contribution in [0.25, 0.3) is 0 Å². The molecule has 84 valence electrons. The molecule has 0 aromatic carbocycles. The summed E-state index contributed by atoms with van der Waals surface area (Å²) >= 11 is 0. The SMILES string of the molecule is Cn1cc(C(O)CC2CCCCC2)cn1. The van der Waals surface area contributed by atoms with Gasteiger partial charge in [-0.1, -0.05) is 32.1 Å². The van der Waals surface area contributed by atoms with E-state index in [9.17, 15) is 5.11 Å². The van der Waals surface area contributed by atoms with E-state index in [0.29, 0.717) is 5.92 Å². The van der Waals surface area contributed by atoms with Crippen LogP contribution in [0.1, 0.15) is 50.2 Å². The predicted molar refractivity (Wildman–Crippen MR) is 59.4 cm³/mol. The highest BCUT2D eigenvalue weighted by Crippen LogP contribution is 2.31. The van der Waals surface area contributed by atoms with Gasteiger partial charge < -0.3 is 5.11 Å². The van der Waals surface area contributed by atoms with E-state index < -0.39 is 0 Å². The number of aromatic nitrogens is 2. The van der Waals surface area contributed by atoms with E-state index >= 15 is 0 Å². The number of hydrogen-bond donors (Lipinski definition) is 1. The van der Waals surface area contributed by atoms with Crippen molar-refractivity contribution < 1.29 is 5.11 Å². The first-order valence-electron chi connectivity index (χ1n) is 5.92. The van der Waals surface area contributed by atoms with Gasteiger partial charge in [0.2, 0.25) is 0 Å². The zero-order valence-electron chi connectivity index (χ0n) is 9.39.